The Labute approximate surface area is 191 Å². The van der Waals surface area contributed by atoms with Crippen molar-refractivity contribution in [3.05, 3.63) is 90.5 Å². The van der Waals surface area contributed by atoms with Gasteiger partial charge in [-0.15, -0.1) is 0 Å². The summed E-state index contributed by atoms with van der Waals surface area (Å²) in [7, 11) is -0.821. The van der Waals surface area contributed by atoms with Gasteiger partial charge >= 0.3 is 21.1 Å². The van der Waals surface area contributed by atoms with Crippen LogP contribution in [-0.2, 0) is 25.9 Å². The molecule has 0 saturated heterocycles. The standard InChI is InChI=1S/C21H18N3O2P.ClH.Pt/c22-20(25)21(26)24-23-15-16-9-7-8-14-19(16)27(17-10-3-1-4-11-17)18-12-5-2-6-13-18;;/h1-15H,(H2,22,25)(H,24,26);1H;/q;;+2/p-2/b23-15+;;. The zero-order valence-corrected chi connectivity index (χ0v) is 19.0. The number of hydrogen-bond acceptors (Lipinski definition) is 4. The minimum atomic E-state index is -1.13. The van der Waals surface area contributed by atoms with Crippen molar-refractivity contribution in [2.45, 2.75) is 0 Å². The molecule has 0 atom stereocenters. The number of carbonyl (C=O) groups is 1. The van der Waals surface area contributed by atoms with E-state index < -0.39 is 19.7 Å². The van der Waals surface area contributed by atoms with Crippen molar-refractivity contribution in [3.63, 3.8) is 0 Å². The Balaban J connectivity index is 0.00000210. The van der Waals surface area contributed by atoms with E-state index in [2.05, 4.69) is 34.5 Å². The second kappa shape index (κ2) is 12.3. The van der Waals surface area contributed by atoms with Crippen molar-refractivity contribution < 1.29 is 43.4 Å². The molecule has 2 N–H and O–H groups in total. The van der Waals surface area contributed by atoms with Gasteiger partial charge in [0.25, 0.3) is 5.91 Å². The van der Waals surface area contributed by atoms with E-state index in [9.17, 15) is 9.90 Å². The van der Waals surface area contributed by atoms with Gasteiger partial charge in [-0.3, -0.25) is 4.79 Å². The molecule has 0 aliphatic heterocycles. The van der Waals surface area contributed by atoms with Crippen LogP contribution in [0.3, 0.4) is 0 Å². The quantitative estimate of drug-likeness (QED) is 0.158. The first-order chi connectivity index (χ1) is 13.2. The Morgan fingerprint density at radius 2 is 1.34 bits per heavy atom. The van der Waals surface area contributed by atoms with Gasteiger partial charge < -0.3 is 23.2 Å². The number of carbonyl (C=O) groups excluding carboxylic acids is 1. The van der Waals surface area contributed by atoms with Crippen LogP contribution in [0.5, 0.6) is 0 Å². The molecule has 0 aliphatic rings. The second-order valence-electron chi connectivity index (χ2n) is 5.58. The minimum Gasteiger partial charge on any atom is -1.00 e. The smallest absolute Gasteiger partial charge is 1.00 e. The van der Waals surface area contributed by atoms with Crippen molar-refractivity contribution in [3.8, 4) is 0 Å². The molecule has 0 bridgehead atoms. The maximum absolute atomic E-state index is 11.2. The molecule has 3 aromatic carbocycles. The topological polar surface area (TPSA) is 90.9 Å². The molecule has 8 heteroatoms. The predicted molar refractivity (Wildman–Crippen MR) is 109 cm³/mol. The van der Waals surface area contributed by atoms with Gasteiger partial charge in [-0.2, -0.15) is 10.2 Å². The average Bonchev–Trinajstić information content (AvgIpc) is 2.71. The molecular formula is C21H17ClN3O2PPt. The van der Waals surface area contributed by atoms with Crippen molar-refractivity contribution in [2.75, 3.05) is 0 Å². The number of benzene rings is 3. The summed E-state index contributed by atoms with van der Waals surface area (Å²) in [5.41, 5.74) is 5.72. The molecule has 1 amide bonds. The van der Waals surface area contributed by atoms with Gasteiger partial charge in [-0.1, -0.05) is 84.9 Å². The first-order valence-corrected chi connectivity index (χ1v) is 9.58. The molecule has 150 valence electrons. The molecule has 29 heavy (non-hydrogen) atoms. The third-order valence-electron chi connectivity index (χ3n) is 3.76. The summed E-state index contributed by atoms with van der Waals surface area (Å²) in [6.07, 6.45) is 1.48. The molecule has 0 aromatic heterocycles. The third kappa shape index (κ3) is 6.61. The fourth-order valence-corrected chi connectivity index (χ4v) is 5.00. The minimum absolute atomic E-state index is 0. The van der Waals surface area contributed by atoms with Crippen LogP contribution < -0.4 is 39.2 Å². The molecule has 3 rings (SSSR count). The van der Waals surface area contributed by atoms with E-state index in [1.165, 1.54) is 16.8 Å². The van der Waals surface area contributed by atoms with E-state index in [1.807, 2.05) is 60.7 Å². The molecule has 0 spiro atoms. The third-order valence-corrected chi connectivity index (χ3v) is 6.28. The summed E-state index contributed by atoms with van der Waals surface area (Å²) < 4.78 is 0. The Bertz CT molecular complexity index is 946. The van der Waals surface area contributed by atoms with Crippen molar-refractivity contribution in [1.82, 2.24) is 0 Å². The van der Waals surface area contributed by atoms with Crippen LogP contribution in [0.4, 0.5) is 0 Å². The fraction of sp³-hybridized carbons (Fsp3) is 0. The van der Waals surface area contributed by atoms with E-state index in [-0.39, 0.29) is 33.5 Å². The van der Waals surface area contributed by atoms with E-state index in [1.54, 1.807) is 0 Å². The molecule has 5 nitrogen and oxygen atoms in total. The zero-order chi connectivity index (χ0) is 19.1. The first-order valence-electron chi connectivity index (χ1n) is 8.24. The Morgan fingerprint density at radius 3 is 1.86 bits per heavy atom. The molecule has 0 saturated carbocycles. The van der Waals surface area contributed by atoms with Gasteiger partial charge in [0, 0.05) is 5.56 Å². The predicted octanol–water partition coefficient (Wildman–Crippen LogP) is -1.98. The molecule has 0 unspecified atom stereocenters. The van der Waals surface area contributed by atoms with Crippen molar-refractivity contribution in [1.29, 1.82) is 0 Å². The maximum atomic E-state index is 11.2. The van der Waals surface area contributed by atoms with Gasteiger partial charge in [0.2, 0.25) is 0 Å². The number of nitrogens with zero attached hydrogens (tertiary/aromatic N) is 2. The molecular weight excluding hydrogens is 588 g/mol. The summed E-state index contributed by atoms with van der Waals surface area (Å²) in [5, 5.41) is 21.8. The average molecular weight is 605 g/mol. The van der Waals surface area contributed by atoms with Crippen LogP contribution in [0.1, 0.15) is 5.56 Å². The summed E-state index contributed by atoms with van der Waals surface area (Å²) >= 11 is 0. The van der Waals surface area contributed by atoms with Crippen LogP contribution in [0.25, 0.3) is 0 Å². The number of hydrogen-bond donors (Lipinski definition) is 1. The summed E-state index contributed by atoms with van der Waals surface area (Å²) in [6.45, 7) is 0. The largest absolute Gasteiger partial charge is 2.00 e. The maximum Gasteiger partial charge on any atom is 2.00 e. The molecule has 0 fully saturated rings. The van der Waals surface area contributed by atoms with Crippen molar-refractivity contribution in [2.24, 2.45) is 15.9 Å². The molecule has 0 radical (unpaired) electrons. The van der Waals surface area contributed by atoms with E-state index in [0.717, 1.165) is 10.9 Å². The molecule has 3 aromatic rings. The van der Waals surface area contributed by atoms with E-state index >= 15 is 0 Å². The van der Waals surface area contributed by atoms with Crippen LogP contribution in [0, 0.1) is 0 Å². The molecule has 0 aliphatic carbocycles. The second-order valence-corrected chi connectivity index (χ2v) is 7.76. The van der Waals surface area contributed by atoms with Crippen LogP contribution >= 0.6 is 7.92 Å². The van der Waals surface area contributed by atoms with Gasteiger partial charge in [0.1, 0.15) is 0 Å². The van der Waals surface area contributed by atoms with E-state index in [4.69, 9.17) is 5.73 Å². The summed E-state index contributed by atoms with van der Waals surface area (Å²) in [5.74, 6) is -2.20. The Kier molecular flexibility index (Phi) is 10.5. The van der Waals surface area contributed by atoms with Crippen LogP contribution in [0.2, 0.25) is 0 Å². The van der Waals surface area contributed by atoms with Crippen LogP contribution in [0.15, 0.2) is 95.1 Å². The Hall–Kier alpha value is -2.32. The summed E-state index contributed by atoms with van der Waals surface area (Å²) in [6, 6.07) is 28.3. The number of primary amides is 1. The van der Waals surface area contributed by atoms with Gasteiger partial charge in [-0.05, 0) is 23.8 Å². The normalized spacial score (nSPS) is 11.0. The monoisotopic (exact) mass is 604 g/mol. The van der Waals surface area contributed by atoms with Gasteiger partial charge in [0.15, 0.2) is 0 Å². The number of rotatable bonds is 5. The number of nitrogens with two attached hydrogens (primary N) is 1. The first kappa shape index (κ1) is 24.7. The van der Waals surface area contributed by atoms with Gasteiger partial charge in [-0.25, -0.2) is 0 Å². The van der Waals surface area contributed by atoms with Crippen molar-refractivity contribution >= 4 is 41.9 Å². The molecule has 0 heterocycles. The fourth-order valence-electron chi connectivity index (χ4n) is 2.57. The Morgan fingerprint density at radius 1 is 0.862 bits per heavy atom. The number of amides is 1. The summed E-state index contributed by atoms with van der Waals surface area (Å²) in [4.78, 5) is 10.8. The zero-order valence-electron chi connectivity index (χ0n) is 15.1. The van der Waals surface area contributed by atoms with Gasteiger partial charge in [0.05, 0.1) is 12.1 Å². The SMILES string of the molecule is NC(=O)/C([O-])=N/N=C/c1ccccc1P(c1ccccc1)c1ccccc1.[Cl-].[Pt+2]. The van der Waals surface area contributed by atoms with E-state index in [0.29, 0.717) is 0 Å². The number of halogens is 1. The van der Waals surface area contributed by atoms with Crippen LogP contribution in [-0.4, -0.2) is 18.0 Å².